The van der Waals surface area contributed by atoms with Gasteiger partial charge in [-0.05, 0) is 13.3 Å². The summed E-state index contributed by atoms with van der Waals surface area (Å²) in [6, 6.07) is 0. The molecule has 0 spiro atoms. The maximum Gasteiger partial charge on any atom is 0.421 e. The van der Waals surface area contributed by atoms with Gasteiger partial charge in [-0.3, -0.25) is 5.43 Å². The number of carbonyl (C=O) groups excluding carboxylic acids is 1. The van der Waals surface area contributed by atoms with Crippen LogP contribution in [0.1, 0.15) is 65.2 Å². The van der Waals surface area contributed by atoms with Gasteiger partial charge in [0.25, 0.3) is 0 Å². The molecule has 0 aliphatic heterocycles. The lowest BCUT2D eigenvalue weighted by Gasteiger charge is -2.06. The quantitative estimate of drug-likeness (QED) is 0.433. The van der Waals surface area contributed by atoms with Crippen molar-refractivity contribution in [3.8, 4) is 0 Å². The summed E-state index contributed by atoms with van der Waals surface area (Å²) in [6.07, 6.45) is 9.97. The Labute approximate surface area is 105 Å². The molecule has 0 atom stereocenters. The number of hydrazine groups is 1. The molecule has 0 aliphatic carbocycles. The van der Waals surface area contributed by atoms with Gasteiger partial charge in [0, 0.05) is 6.54 Å². The Morgan fingerprint density at radius 3 is 2.12 bits per heavy atom. The van der Waals surface area contributed by atoms with Crippen molar-refractivity contribution in [2.24, 2.45) is 0 Å². The van der Waals surface area contributed by atoms with Gasteiger partial charge in [-0.15, -0.1) is 0 Å². The van der Waals surface area contributed by atoms with Crippen molar-refractivity contribution in [3.63, 3.8) is 0 Å². The van der Waals surface area contributed by atoms with Gasteiger partial charge in [-0.25, -0.2) is 10.2 Å². The summed E-state index contributed by atoms with van der Waals surface area (Å²) in [6.45, 7) is 5.25. The molecule has 0 aromatic carbocycles. The van der Waals surface area contributed by atoms with E-state index in [0.717, 1.165) is 13.0 Å². The second kappa shape index (κ2) is 13.3. The Kier molecular flexibility index (Phi) is 12.7. The van der Waals surface area contributed by atoms with Crippen LogP contribution in [-0.2, 0) is 4.74 Å². The summed E-state index contributed by atoms with van der Waals surface area (Å²) in [5.41, 5.74) is 5.35. The highest BCUT2D eigenvalue weighted by Crippen LogP contribution is 2.07. The number of hydrogen-bond donors (Lipinski definition) is 2. The van der Waals surface area contributed by atoms with Crippen molar-refractivity contribution < 1.29 is 9.53 Å². The molecule has 0 aromatic rings. The molecule has 17 heavy (non-hydrogen) atoms. The zero-order valence-electron chi connectivity index (χ0n) is 11.4. The van der Waals surface area contributed by atoms with Gasteiger partial charge >= 0.3 is 6.09 Å². The molecular weight excluding hydrogens is 216 g/mol. The summed E-state index contributed by atoms with van der Waals surface area (Å²) in [4.78, 5) is 10.9. The van der Waals surface area contributed by atoms with Crippen LogP contribution >= 0.6 is 0 Å². The maximum absolute atomic E-state index is 10.9. The first-order chi connectivity index (χ1) is 8.31. The van der Waals surface area contributed by atoms with E-state index in [4.69, 9.17) is 4.74 Å². The first-order valence-corrected chi connectivity index (χ1v) is 6.96. The minimum atomic E-state index is -0.396. The van der Waals surface area contributed by atoms with E-state index < -0.39 is 6.09 Å². The second-order valence-corrected chi connectivity index (χ2v) is 4.25. The van der Waals surface area contributed by atoms with E-state index in [2.05, 4.69) is 17.8 Å². The van der Waals surface area contributed by atoms with E-state index in [1.54, 1.807) is 6.92 Å². The van der Waals surface area contributed by atoms with Gasteiger partial charge in [0.2, 0.25) is 0 Å². The summed E-state index contributed by atoms with van der Waals surface area (Å²) in [7, 11) is 0. The Balaban J connectivity index is 3.01. The highest BCUT2D eigenvalue weighted by Gasteiger charge is 1.97. The van der Waals surface area contributed by atoms with Crippen molar-refractivity contribution in [1.29, 1.82) is 0 Å². The van der Waals surface area contributed by atoms with Crippen LogP contribution in [-0.4, -0.2) is 19.2 Å². The predicted octanol–water partition coefficient (Wildman–Crippen LogP) is 3.38. The van der Waals surface area contributed by atoms with Crippen molar-refractivity contribution >= 4 is 6.09 Å². The molecule has 1 amide bonds. The lowest BCUT2D eigenvalue weighted by Crippen LogP contribution is -2.38. The zero-order chi connectivity index (χ0) is 12.8. The van der Waals surface area contributed by atoms with Crippen molar-refractivity contribution in [2.45, 2.75) is 65.2 Å². The monoisotopic (exact) mass is 244 g/mol. The van der Waals surface area contributed by atoms with Crippen LogP contribution < -0.4 is 10.9 Å². The van der Waals surface area contributed by atoms with E-state index in [1.165, 1.54) is 44.9 Å². The molecule has 0 bridgehead atoms. The van der Waals surface area contributed by atoms with Crippen LogP contribution in [0.3, 0.4) is 0 Å². The first kappa shape index (κ1) is 16.2. The normalized spacial score (nSPS) is 10.2. The van der Waals surface area contributed by atoms with Crippen LogP contribution in [0.5, 0.6) is 0 Å². The molecule has 0 saturated heterocycles. The molecule has 4 nitrogen and oxygen atoms in total. The Morgan fingerprint density at radius 2 is 1.53 bits per heavy atom. The highest BCUT2D eigenvalue weighted by molar-refractivity contribution is 5.66. The van der Waals surface area contributed by atoms with Gasteiger partial charge < -0.3 is 4.74 Å². The summed E-state index contributed by atoms with van der Waals surface area (Å²) in [5.74, 6) is 0. The Bertz CT molecular complexity index is 175. The number of amides is 1. The van der Waals surface area contributed by atoms with Gasteiger partial charge in [-0.1, -0.05) is 51.9 Å². The number of ether oxygens (including phenoxy) is 1. The molecule has 2 N–H and O–H groups in total. The van der Waals surface area contributed by atoms with Crippen LogP contribution in [0.2, 0.25) is 0 Å². The fourth-order valence-electron chi connectivity index (χ4n) is 1.65. The second-order valence-electron chi connectivity index (χ2n) is 4.25. The van der Waals surface area contributed by atoms with Crippen LogP contribution in [0.4, 0.5) is 4.79 Å². The van der Waals surface area contributed by atoms with Crippen LogP contribution in [0.25, 0.3) is 0 Å². The van der Waals surface area contributed by atoms with E-state index in [-0.39, 0.29) is 0 Å². The zero-order valence-corrected chi connectivity index (χ0v) is 11.4. The molecule has 0 unspecified atom stereocenters. The molecule has 0 heterocycles. The Morgan fingerprint density at radius 1 is 0.941 bits per heavy atom. The first-order valence-electron chi connectivity index (χ1n) is 6.96. The van der Waals surface area contributed by atoms with Gasteiger partial charge in [0.1, 0.15) is 0 Å². The minimum Gasteiger partial charge on any atom is -0.449 e. The third kappa shape index (κ3) is 13.2. The minimum absolute atomic E-state index is 0.396. The predicted molar refractivity (Wildman–Crippen MR) is 70.8 cm³/mol. The van der Waals surface area contributed by atoms with E-state index in [1.807, 2.05) is 0 Å². The molecule has 0 rings (SSSR count). The van der Waals surface area contributed by atoms with Crippen molar-refractivity contribution in [3.05, 3.63) is 0 Å². The number of hydrogen-bond acceptors (Lipinski definition) is 3. The smallest absolute Gasteiger partial charge is 0.421 e. The molecule has 0 aromatic heterocycles. The highest BCUT2D eigenvalue weighted by atomic mass is 16.5. The molecule has 0 fully saturated rings. The SMILES string of the molecule is CCCCCCCCCCNNC(=O)OCC. The molecule has 4 heteroatoms. The molecule has 102 valence electrons. The van der Waals surface area contributed by atoms with Gasteiger partial charge in [-0.2, -0.15) is 0 Å². The number of rotatable bonds is 11. The van der Waals surface area contributed by atoms with Crippen molar-refractivity contribution in [1.82, 2.24) is 10.9 Å². The molecule has 0 aliphatic rings. The third-order valence-corrected chi connectivity index (χ3v) is 2.62. The average Bonchev–Trinajstić information content (AvgIpc) is 2.32. The summed E-state index contributed by atoms with van der Waals surface area (Å²) in [5, 5.41) is 0. The van der Waals surface area contributed by atoms with E-state index in [9.17, 15) is 4.79 Å². The lowest BCUT2D eigenvalue weighted by atomic mass is 10.1. The standard InChI is InChI=1S/C13H28N2O2/c1-3-5-6-7-8-9-10-11-12-14-15-13(16)17-4-2/h14H,3-12H2,1-2H3,(H,15,16). The maximum atomic E-state index is 10.9. The largest absolute Gasteiger partial charge is 0.449 e. The van der Waals surface area contributed by atoms with E-state index >= 15 is 0 Å². The molecule has 0 radical (unpaired) electrons. The summed E-state index contributed by atoms with van der Waals surface area (Å²) >= 11 is 0. The van der Waals surface area contributed by atoms with E-state index in [0.29, 0.717) is 6.61 Å². The summed E-state index contributed by atoms with van der Waals surface area (Å²) < 4.78 is 4.71. The fourth-order valence-corrected chi connectivity index (χ4v) is 1.65. The van der Waals surface area contributed by atoms with Crippen molar-refractivity contribution in [2.75, 3.05) is 13.2 Å². The number of carbonyl (C=O) groups is 1. The van der Waals surface area contributed by atoms with Gasteiger partial charge in [0.05, 0.1) is 6.61 Å². The van der Waals surface area contributed by atoms with Crippen LogP contribution in [0.15, 0.2) is 0 Å². The van der Waals surface area contributed by atoms with Crippen LogP contribution in [0, 0.1) is 0 Å². The lowest BCUT2D eigenvalue weighted by molar-refractivity contribution is 0.147. The third-order valence-electron chi connectivity index (χ3n) is 2.62. The fraction of sp³-hybridized carbons (Fsp3) is 0.923. The number of nitrogens with one attached hydrogen (secondary N) is 2. The average molecular weight is 244 g/mol. The van der Waals surface area contributed by atoms with Gasteiger partial charge in [0.15, 0.2) is 0 Å². The molecule has 0 saturated carbocycles. The Hall–Kier alpha value is -0.770. The number of unbranched alkanes of at least 4 members (excludes halogenated alkanes) is 7. The molecular formula is C13H28N2O2. The topological polar surface area (TPSA) is 50.4 Å².